The first-order chi connectivity index (χ1) is 12.8. The normalized spacial score (nSPS) is 11.6. The number of aryl methyl sites for hydroxylation is 1. The highest BCUT2D eigenvalue weighted by atomic mass is 35.5. The van der Waals surface area contributed by atoms with Gasteiger partial charge in [-0.1, -0.05) is 48.9 Å². The Bertz CT molecular complexity index is 1100. The smallest absolute Gasteiger partial charge is 0.265 e. The Labute approximate surface area is 155 Å². The number of hydrogen-bond donors (Lipinski definition) is 1. The van der Waals surface area contributed by atoms with Crippen LogP contribution in [0.2, 0.25) is 5.02 Å². The molecule has 2 aromatic carbocycles. The number of fused-ring (bicyclic) bond motifs is 3. The summed E-state index contributed by atoms with van der Waals surface area (Å²) in [7, 11) is 0. The molecule has 0 radical (unpaired) electrons. The Balaban J connectivity index is 1.68. The van der Waals surface area contributed by atoms with Crippen LogP contribution in [0.25, 0.3) is 22.1 Å². The Morgan fingerprint density at radius 2 is 2.04 bits per heavy atom. The molecule has 130 valence electrons. The van der Waals surface area contributed by atoms with Crippen molar-refractivity contribution in [2.24, 2.45) is 5.10 Å². The van der Waals surface area contributed by atoms with Crippen molar-refractivity contribution in [2.75, 3.05) is 5.43 Å². The van der Waals surface area contributed by atoms with Gasteiger partial charge in [0.25, 0.3) is 5.95 Å². The van der Waals surface area contributed by atoms with Crippen LogP contribution in [0, 0.1) is 0 Å². The van der Waals surface area contributed by atoms with Crippen LogP contribution < -0.4 is 5.43 Å². The number of para-hydroxylation sites is 1. The summed E-state index contributed by atoms with van der Waals surface area (Å²) in [6.07, 6.45) is 2.68. The summed E-state index contributed by atoms with van der Waals surface area (Å²) in [5, 5.41) is 14.4. The van der Waals surface area contributed by atoms with Gasteiger partial charge in [0.2, 0.25) is 0 Å². The van der Waals surface area contributed by atoms with Crippen molar-refractivity contribution >= 4 is 45.8 Å². The Morgan fingerprint density at radius 3 is 2.88 bits per heavy atom. The minimum atomic E-state index is 0.357. The van der Waals surface area contributed by atoms with Gasteiger partial charge in [0, 0.05) is 17.0 Å². The van der Waals surface area contributed by atoms with Crippen molar-refractivity contribution < 1.29 is 0 Å². The minimum absolute atomic E-state index is 0.357. The van der Waals surface area contributed by atoms with Crippen LogP contribution in [0.3, 0.4) is 0 Å². The predicted octanol–water partition coefficient (Wildman–Crippen LogP) is 4.49. The summed E-state index contributed by atoms with van der Waals surface area (Å²) < 4.78 is 2.17. The van der Waals surface area contributed by atoms with E-state index in [9.17, 15) is 0 Å². The van der Waals surface area contributed by atoms with Crippen LogP contribution in [-0.4, -0.2) is 26.0 Å². The van der Waals surface area contributed by atoms with Gasteiger partial charge in [-0.15, -0.1) is 10.2 Å². The van der Waals surface area contributed by atoms with Crippen LogP contribution >= 0.6 is 11.6 Å². The van der Waals surface area contributed by atoms with E-state index in [0.29, 0.717) is 11.0 Å². The van der Waals surface area contributed by atoms with Gasteiger partial charge in [-0.05, 0) is 30.2 Å². The lowest BCUT2D eigenvalue weighted by Crippen LogP contribution is -2.03. The topological polar surface area (TPSA) is 68.0 Å². The number of rotatable bonds is 5. The minimum Gasteiger partial charge on any atom is -0.324 e. The fourth-order valence-electron chi connectivity index (χ4n) is 2.95. The average Bonchev–Trinajstić information content (AvgIpc) is 2.96. The lowest BCUT2D eigenvalue weighted by Gasteiger charge is -2.04. The monoisotopic (exact) mass is 364 g/mol. The van der Waals surface area contributed by atoms with Crippen molar-refractivity contribution in [1.82, 2.24) is 19.7 Å². The molecule has 0 bridgehead atoms. The van der Waals surface area contributed by atoms with Crippen molar-refractivity contribution in [1.29, 1.82) is 0 Å². The molecule has 4 aromatic rings. The maximum absolute atomic E-state index is 5.97. The molecule has 0 aliphatic heterocycles. The molecule has 0 amide bonds. The number of aromatic nitrogens is 4. The van der Waals surface area contributed by atoms with Crippen LogP contribution in [0.4, 0.5) is 5.95 Å². The third-order valence-electron chi connectivity index (χ3n) is 4.05. The number of nitrogens with one attached hydrogen (secondary N) is 1. The first-order valence-corrected chi connectivity index (χ1v) is 8.80. The van der Waals surface area contributed by atoms with Gasteiger partial charge in [-0.2, -0.15) is 10.1 Å². The highest BCUT2D eigenvalue weighted by molar-refractivity contribution is 6.30. The van der Waals surface area contributed by atoms with E-state index in [-0.39, 0.29) is 0 Å². The highest BCUT2D eigenvalue weighted by Gasteiger charge is 2.13. The van der Waals surface area contributed by atoms with E-state index in [1.165, 1.54) is 0 Å². The Morgan fingerprint density at radius 1 is 1.15 bits per heavy atom. The van der Waals surface area contributed by atoms with Gasteiger partial charge in [-0.3, -0.25) is 0 Å². The number of halogens is 1. The second-order valence-corrected chi connectivity index (χ2v) is 6.34. The maximum Gasteiger partial charge on any atom is 0.265 e. The number of benzene rings is 2. The van der Waals surface area contributed by atoms with E-state index in [1.807, 2.05) is 42.5 Å². The highest BCUT2D eigenvalue weighted by Crippen LogP contribution is 2.26. The van der Waals surface area contributed by atoms with Crippen LogP contribution in [-0.2, 0) is 6.54 Å². The molecule has 2 aromatic heterocycles. The molecule has 26 heavy (non-hydrogen) atoms. The molecule has 0 spiro atoms. The molecular weight excluding hydrogens is 348 g/mol. The van der Waals surface area contributed by atoms with Crippen LogP contribution in [0.15, 0.2) is 53.6 Å². The molecule has 6 nitrogen and oxygen atoms in total. The van der Waals surface area contributed by atoms with Crippen molar-refractivity contribution in [3.63, 3.8) is 0 Å². The molecule has 0 fully saturated rings. The third-order valence-corrected chi connectivity index (χ3v) is 4.28. The zero-order valence-electron chi connectivity index (χ0n) is 14.2. The van der Waals surface area contributed by atoms with Gasteiger partial charge in [-0.25, -0.2) is 5.43 Å². The molecule has 0 aliphatic rings. The lowest BCUT2D eigenvalue weighted by molar-refractivity contribution is 0.716. The van der Waals surface area contributed by atoms with Crippen molar-refractivity contribution in [3.8, 4) is 0 Å². The van der Waals surface area contributed by atoms with Crippen molar-refractivity contribution in [2.45, 2.75) is 19.9 Å². The van der Waals surface area contributed by atoms with E-state index < -0.39 is 0 Å². The van der Waals surface area contributed by atoms with E-state index >= 15 is 0 Å². The molecule has 0 atom stereocenters. The van der Waals surface area contributed by atoms with Gasteiger partial charge in [0.05, 0.1) is 11.7 Å². The molecule has 7 heteroatoms. The molecule has 2 heterocycles. The number of hydrazone groups is 1. The van der Waals surface area contributed by atoms with E-state index in [0.717, 1.165) is 40.6 Å². The first-order valence-electron chi connectivity index (χ1n) is 8.42. The summed E-state index contributed by atoms with van der Waals surface area (Å²) in [6, 6.07) is 15.6. The molecule has 4 rings (SSSR count). The maximum atomic E-state index is 5.97. The summed E-state index contributed by atoms with van der Waals surface area (Å²) in [5.74, 6) is 0.357. The van der Waals surface area contributed by atoms with Gasteiger partial charge >= 0.3 is 0 Å². The molecule has 0 saturated carbocycles. The van der Waals surface area contributed by atoms with Gasteiger partial charge in [0.1, 0.15) is 5.52 Å². The Kier molecular flexibility index (Phi) is 4.50. The molecule has 0 saturated heterocycles. The van der Waals surface area contributed by atoms with Crippen molar-refractivity contribution in [3.05, 3.63) is 59.1 Å². The standard InChI is InChI=1S/C19H17ClN6/c1-2-10-26-16-9-4-3-8-15(16)17-18(26)22-19(25-23-17)24-21-12-13-6-5-7-14(20)11-13/h3-9,11-12H,2,10H2,1H3,(H,22,24,25)/b21-12+. The lowest BCUT2D eigenvalue weighted by atomic mass is 10.2. The molecule has 0 aliphatic carbocycles. The summed E-state index contributed by atoms with van der Waals surface area (Å²) >= 11 is 5.97. The molecule has 0 unspecified atom stereocenters. The quantitative estimate of drug-likeness (QED) is 0.418. The van der Waals surface area contributed by atoms with Crippen LogP contribution in [0.5, 0.6) is 0 Å². The summed E-state index contributed by atoms with van der Waals surface area (Å²) in [4.78, 5) is 4.62. The Hall–Kier alpha value is -2.99. The fourth-order valence-corrected chi connectivity index (χ4v) is 3.15. The fraction of sp³-hybridized carbons (Fsp3) is 0.158. The zero-order valence-corrected chi connectivity index (χ0v) is 15.0. The SMILES string of the molecule is CCCn1c2ccccc2c2nnc(N/N=C/c3cccc(Cl)c3)nc21. The van der Waals surface area contributed by atoms with E-state index in [4.69, 9.17) is 11.6 Å². The zero-order chi connectivity index (χ0) is 17.9. The second kappa shape index (κ2) is 7.09. The summed E-state index contributed by atoms with van der Waals surface area (Å²) in [6.45, 7) is 3.01. The van der Waals surface area contributed by atoms with Crippen LogP contribution in [0.1, 0.15) is 18.9 Å². The largest absolute Gasteiger partial charge is 0.324 e. The molecular formula is C19H17ClN6. The first kappa shape index (κ1) is 16.5. The van der Waals surface area contributed by atoms with Gasteiger partial charge in [0.15, 0.2) is 5.65 Å². The van der Waals surface area contributed by atoms with E-state index in [1.54, 1.807) is 6.21 Å². The third kappa shape index (κ3) is 3.11. The number of anilines is 1. The average molecular weight is 365 g/mol. The predicted molar refractivity (Wildman–Crippen MR) is 106 cm³/mol. The van der Waals surface area contributed by atoms with E-state index in [2.05, 4.69) is 43.3 Å². The van der Waals surface area contributed by atoms with Gasteiger partial charge < -0.3 is 4.57 Å². The second-order valence-electron chi connectivity index (χ2n) is 5.90. The summed E-state index contributed by atoms with van der Waals surface area (Å²) in [5.41, 5.74) is 6.46. The number of hydrogen-bond acceptors (Lipinski definition) is 5. The number of nitrogens with zero attached hydrogens (tertiary/aromatic N) is 5. The molecule has 1 N–H and O–H groups in total.